The Kier molecular flexibility index (Phi) is 6.00. The number of aromatic nitrogens is 2. The topological polar surface area (TPSA) is 39.1 Å². The van der Waals surface area contributed by atoms with Gasteiger partial charge >= 0.3 is 0 Å². The minimum absolute atomic E-state index is 0.190. The van der Waals surface area contributed by atoms with Crippen LogP contribution in [-0.4, -0.2) is 29.0 Å². The SMILES string of the molecule is CC(C)=CCC[C@@H](C)NC[C@@H]1CCO[C@H]1c1ccnn1C. The molecule has 3 atom stereocenters. The van der Waals surface area contributed by atoms with E-state index in [1.165, 1.54) is 17.7 Å². The van der Waals surface area contributed by atoms with E-state index in [1.807, 2.05) is 17.9 Å². The Labute approximate surface area is 128 Å². The molecule has 0 radical (unpaired) electrons. The quantitative estimate of drug-likeness (QED) is 0.784. The maximum absolute atomic E-state index is 5.93. The lowest BCUT2D eigenvalue weighted by atomic mass is 9.98. The summed E-state index contributed by atoms with van der Waals surface area (Å²) in [5.74, 6) is 0.548. The van der Waals surface area contributed by atoms with Gasteiger partial charge in [-0.3, -0.25) is 4.68 Å². The average molecular weight is 291 g/mol. The third kappa shape index (κ3) is 4.68. The van der Waals surface area contributed by atoms with E-state index in [0.717, 1.165) is 26.0 Å². The summed E-state index contributed by atoms with van der Waals surface area (Å²) >= 11 is 0. The molecule has 0 bridgehead atoms. The molecule has 2 rings (SSSR count). The summed E-state index contributed by atoms with van der Waals surface area (Å²) < 4.78 is 7.86. The molecule has 4 nitrogen and oxygen atoms in total. The van der Waals surface area contributed by atoms with Gasteiger partial charge in [-0.15, -0.1) is 0 Å². The molecule has 4 heteroatoms. The van der Waals surface area contributed by atoms with Crippen LogP contribution in [0.4, 0.5) is 0 Å². The van der Waals surface area contributed by atoms with E-state index in [-0.39, 0.29) is 6.10 Å². The molecule has 0 spiro atoms. The minimum Gasteiger partial charge on any atom is -0.372 e. The monoisotopic (exact) mass is 291 g/mol. The van der Waals surface area contributed by atoms with E-state index in [4.69, 9.17) is 4.74 Å². The number of aryl methyl sites for hydroxylation is 1. The van der Waals surface area contributed by atoms with Gasteiger partial charge in [-0.25, -0.2) is 0 Å². The van der Waals surface area contributed by atoms with E-state index in [2.05, 4.69) is 43.3 Å². The highest BCUT2D eigenvalue weighted by atomic mass is 16.5. The largest absolute Gasteiger partial charge is 0.372 e. The second-order valence-electron chi connectivity index (χ2n) is 6.39. The Hall–Kier alpha value is -1.13. The van der Waals surface area contributed by atoms with Crippen molar-refractivity contribution in [2.24, 2.45) is 13.0 Å². The molecule has 0 aliphatic carbocycles. The van der Waals surface area contributed by atoms with Crippen molar-refractivity contribution in [3.8, 4) is 0 Å². The van der Waals surface area contributed by atoms with Gasteiger partial charge in [-0.05, 0) is 46.1 Å². The molecule has 1 fully saturated rings. The van der Waals surface area contributed by atoms with Gasteiger partial charge in [0, 0.05) is 38.4 Å². The highest BCUT2D eigenvalue weighted by molar-refractivity contribution is 5.07. The number of rotatable bonds is 7. The van der Waals surface area contributed by atoms with Crippen LogP contribution < -0.4 is 5.32 Å². The van der Waals surface area contributed by atoms with Crippen molar-refractivity contribution in [1.82, 2.24) is 15.1 Å². The van der Waals surface area contributed by atoms with Gasteiger partial charge in [0.05, 0.1) is 5.69 Å². The smallest absolute Gasteiger partial charge is 0.103 e. The summed E-state index contributed by atoms with van der Waals surface area (Å²) in [7, 11) is 1.99. The Morgan fingerprint density at radius 3 is 3.05 bits per heavy atom. The van der Waals surface area contributed by atoms with Crippen LogP contribution in [-0.2, 0) is 11.8 Å². The number of hydrogen-bond acceptors (Lipinski definition) is 3. The Morgan fingerprint density at radius 2 is 2.38 bits per heavy atom. The molecule has 118 valence electrons. The third-order valence-electron chi connectivity index (χ3n) is 4.25. The Bertz CT molecular complexity index is 462. The maximum Gasteiger partial charge on any atom is 0.103 e. The fraction of sp³-hybridized carbons (Fsp3) is 0.706. The number of nitrogens with one attached hydrogen (secondary N) is 1. The van der Waals surface area contributed by atoms with Crippen LogP contribution in [0.5, 0.6) is 0 Å². The van der Waals surface area contributed by atoms with Gasteiger partial charge in [0.1, 0.15) is 6.10 Å². The minimum atomic E-state index is 0.190. The first-order valence-electron chi connectivity index (χ1n) is 8.04. The first-order valence-corrected chi connectivity index (χ1v) is 8.04. The molecular weight excluding hydrogens is 262 g/mol. The molecule has 2 heterocycles. The van der Waals surface area contributed by atoms with Crippen molar-refractivity contribution in [3.63, 3.8) is 0 Å². The molecule has 1 aliphatic heterocycles. The lowest BCUT2D eigenvalue weighted by molar-refractivity contribution is 0.0832. The number of hydrogen-bond donors (Lipinski definition) is 1. The fourth-order valence-electron chi connectivity index (χ4n) is 2.91. The number of ether oxygens (including phenoxy) is 1. The van der Waals surface area contributed by atoms with Crippen LogP contribution in [0.15, 0.2) is 23.9 Å². The normalized spacial score (nSPS) is 23.2. The number of allylic oxidation sites excluding steroid dienone is 2. The van der Waals surface area contributed by atoms with E-state index >= 15 is 0 Å². The third-order valence-corrected chi connectivity index (χ3v) is 4.25. The molecule has 0 saturated carbocycles. The second kappa shape index (κ2) is 7.76. The average Bonchev–Trinajstić information content (AvgIpc) is 3.04. The molecule has 1 N–H and O–H groups in total. The first-order chi connectivity index (χ1) is 10.1. The summed E-state index contributed by atoms with van der Waals surface area (Å²) in [4.78, 5) is 0. The molecule has 1 aromatic rings. The Morgan fingerprint density at radius 1 is 1.57 bits per heavy atom. The van der Waals surface area contributed by atoms with Crippen molar-refractivity contribution in [2.75, 3.05) is 13.2 Å². The van der Waals surface area contributed by atoms with Gasteiger partial charge in [0.25, 0.3) is 0 Å². The maximum atomic E-state index is 5.93. The van der Waals surface area contributed by atoms with Crippen molar-refractivity contribution in [3.05, 3.63) is 29.6 Å². The molecule has 0 amide bonds. The molecule has 1 aliphatic rings. The molecule has 0 unspecified atom stereocenters. The van der Waals surface area contributed by atoms with Gasteiger partial charge in [0.2, 0.25) is 0 Å². The van der Waals surface area contributed by atoms with Crippen LogP contribution >= 0.6 is 0 Å². The summed E-state index contributed by atoms with van der Waals surface area (Å²) in [6.45, 7) is 8.47. The van der Waals surface area contributed by atoms with Crippen LogP contribution in [0.25, 0.3) is 0 Å². The van der Waals surface area contributed by atoms with Gasteiger partial charge in [0.15, 0.2) is 0 Å². The van der Waals surface area contributed by atoms with Crippen molar-refractivity contribution >= 4 is 0 Å². The lowest BCUT2D eigenvalue weighted by Crippen LogP contribution is -2.32. The first kappa shape index (κ1) is 16.2. The summed E-state index contributed by atoms with van der Waals surface area (Å²) in [6.07, 6.45) is 7.83. The Balaban J connectivity index is 1.79. The molecule has 1 saturated heterocycles. The van der Waals surface area contributed by atoms with E-state index < -0.39 is 0 Å². The molecule has 21 heavy (non-hydrogen) atoms. The zero-order chi connectivity index (χ0) is 15.2. The van der Waals surface area contributed by atoms with Gasteiger partial charge in [-0.2, -0.15) is 5.10 Å². The van der Waals surface area contributed by atoms with E-state index in [1.54, 1.807) is 0 Å². The van der Waals surface area contributed by atoms with Crippen LogP contribution in [0, 0.1) is 5.92 Å². The van der Waals surface area contributed by atoms with Crippen LogP contribution in [0.1, 0.15) is 51.8 Å². The predicted molar refractivity (Wildman–Crippen MR) is 86.1 cm³/mol. The summed E-state index contributed by atoms with van der Waals surface area (Å²) in [5, 5.41) is 7.93. The standard InChI is InChI=1S/C17H29N3O/c1-13(2)6-5-7-14(3)18-12-15-9-11-21-17(15)16-8-10-19-20(16)4/h6,8,10,14-15,17-18H,5,7,9,11-12H2,1-4H3/t14-,15+,17-/m1/s1. The zero-order valence-corrected chi connectivity index (χ0v) is 13.8. The van der Waals surface area contributed by atoms with Gasteiger partial charge < -0.3 is 10.1 Å². The van der Waals surface area contributed by atoms with Crippen molar-refractivity contribution in [1.29, 1.82) is 0 Å². The second-order valence-corrected chi connectivity index (χ2v) is 6.39. The summed E-state index contributed by atoms with van der Waals surface area (Å²) in [6, 6.07) is 2.62. The highest BCUT2D eigenvalue weighted by Crippen LogP contribution is 2.33. The van der Waals surface area contributed by atoms with Gasteiger partial charge in [-0.1, -0.05) is 11.6 Å². The summed E-state index contributed by atoms with van der Waals surface area (Å²) in [5.41, 5.74) is 2.60. The van der Waals surface area contributed by atoms with E-state index in [9.17, 15) is 0 Å². The van der Waals surface area contributed by atoms with Crippen LogP contribution in [0.3, 0.4) is 0 Å². The zero-order valence-electron chi connectivity index (χ0n) is 13.8. The predicted octanol–water partition coefficient (Wildman–Crippen LogP) is 3.22. The van der Waals surface area contributed by atoms with Crippen molar-refractivity contribution < 1.29 is 4.74 Å². The highest BCUT2D eigenvalue weighted by Gasteiger charge is 2.31. The molecule has 0 aromatic carbocycles. The van der Waals surface area contributed by atoms with Crippen LogP contribution in [0.2, 0.25) is 0 Å². The molecular formula is C17H29N3O. The lowest BCUT2D eigenvalue weighted by Gasteiger charge is -2.21. The fourth-order valence-corrected chi connectivity index (χ4v) is 2.91. The van der Waals surface area contributed by atoms with E-state index in [0.29, 0.717) is 12.0 Å². The van der Waals surface area contributed by atoms with Crippen molar-refractivity contribution in [2.45, 2.75) is 52.2 Å². The molecule has 1 aromatic heterocycles. The number of nitrogens with zero attached hydrogens (tertiary/aromatic N) is 2.